The van der Waals surface area contributed by atoms with Crippen molar-refractivity contribution < 1.29 is 17.7 Å². The lowest BCUT2D eigenvalue weighted by atomic mass is 10.5. The SMILES string of the molecule is CCCOP(=O)(OC)OCl. The van der Waals surface area contributed by atoms with Gasteiger partial charge in [-0.2, -0.15) is 4.08 Å². The molecule has 0 fully saturated rings. The summed E-state index contributed by atoms with van der Waals surface area (Å²) in [7, 11) is -2.23. The molecule has 6 heteroatoms. The molecule has 0 saturated heterocycles. The van der Waals surface area contributed by atoms with E-state index >= 15 is 0 Å². The first kappa shape index (κ1) is 10.4. The maximum atomic E-state index is 10.9. The second kappa shape index (κ2) is 5.10. The molecule has 0 aliphatic carbocycles. The summed E-state index contributed by atoms with van der Waals surface area (Å²) in [4.78, 5) is 0. The summed E-state index contributed by atoms with van der Waals surface area (Å²) in [6.07, 6.45) is 0.730. The van der Waals surface area contributed by atoms with Crippen LogP contribution in [0.4, 0.5) is 0 Å². The van der Waals surface area contributed by atoms with Crippen LogP contribution in [0.5, 0.6) is 0 Å². The molecule has 0 saturated carbocycles. The largest absolute Gasteiger partial charge is 0.491 e. The van der Waals surface area contributed by atoms with E-state index in [1.807, 2.05) is 6.92 Å². The molecule has 0 rings (SSSR count). The summed E-state index contributed by atoms with van der Waals surface area (Å²) in [6, 6.07) is 0. The van der Waals surface area contributed by atoms with Gasteiger partial charge in [0.1, 0.15) is 0 Å². The Morgan fingerprint density at radius 2 is 2.20 bits per heavy atom. The zero-order chi connectivity index (χ0) is 8.04. The third-order valence-corrected chi connectivity index (χ3v) is 2.38. The summed E-state index contributed by atoms with van der Waals surface area (Å²) >= 11 is 4.83. The number of phosphoric acid groups is 1. The first-order valence-electron chi connectivity index (χ1n) is 2.79. The van der Waals surface area contributed by atoms with Crippen LogP contribution in [0, 0.1) is 0 Å². The topological polar surface area (TPSA) is 44.8 Å². The summed E-state index contributed by atoms with van der Waals surface area (Å²) in [6.45, 7) is 2.17. The predicted octanol–water partition coefficient (Wildman–Crippen LogP) is 2.34. The maximum absolute atomic E-state index is 10.9. The Bertz CT molecular complexity index is 120. The standard InChI is InChI=1S/C4H10ClO4P/c1-3-4-8-10(6,7-2)9-5/h3-4H2,1-2H3. The average Bonchev–Trinajstić information content (AvgIpc) is 2.00. The molecule has 0 aromatic carbocycles. The third-order valence-electron chi connectivity index (χ3n) is 0.762. The molecule has 0 aliphatic rings. The van der Waals surface area contributed by atoms with Crippen LogP contribution in [-0.4, -0.2) is 13.7 Å². The van der Waals surface area contributed by atoms with Gasteiger partial charge in [-0.3, -0.25) is 9.05 Å². The average molecular weight is 189 g/mol. The van der Waals surface area contributed by atoms with Crippen molar-refractivity contribution in [3.05, 3.63) is 0 Å². The molecule has 0 radical (unpaired) electrons. The van der Waals surface area contributed by atoms with Gasteiger partial charge in [-0.25, -0.2) is 4.57 Å². The van der Waals surface area contributed by atoms with Gasteiger partial charge >= 0.3 is 7.82 Å². The minimum atomic E-state index is -3.43. The van der Waals surface area contributed by atoms with Crippen LogP contribution in [0.15, 0.2) is 0 Å². The molecule has 1 atom stereocenters. The Labute approximate surface area is 65.2 Å². The minimum Gasteiger partial charge on any atom is -0.289 e. The van der Waals surface area contributed by atoms with Crippen LogP contribution in [0.2, 0.25) is 0 Å². The predicted molar refractivity (Wildman–Crippen MR) is 37.8 cm³/mol. The molecule has 4 nitrogen and oxygen atoms in total. The van der Waals surface area contributed by atoms with Gasteiger partial charge in [0.05, 0.1) is 18.5 Å². The van der Waals surface area contributed by atoms with Crippen LogP contribution in [0.3, 0.4) is 0 Å². The summed E-state index contributed by atoms with van der Waals surface area (Å²) < 4.78 is 23.9. The van der Waals surface area contributed by atoms with E-state index in [1.165, 1.54) is 7.11 Å². The molecule has 0 amide bonds. The lowest BCUT2D eigenvalue weighted by Gasteiger charge is -2.09. The molecule has 0 N–H and O–H groups in total. The highest BCUT2D eigenvalue weighted by Gasteiger charge is 2.23. The molecule has 0 heterocycles. The van der Waals surface area contributed by atoms with E-state index < -0.39 is 7.82 Å². The first-order valence-corrected chi connectivity index (χ1v) is 4.56. The fraction of sp³-hybridized carbons (Fsp3) is 1.00. The van der Waals surface area contributed by atoms with Gasteiger partial charge in [0.2, 0.25) is 0 Å². The molecule has 0 bridgehead atoms. The number of rotatable bonds is 5. The number of hydrogen-bond acceptors (Lipinski definition) is 4. The number of hydrogen-bond donors (Lipinski definition) is 0. The number of halogens is 1. The molecule has 62 valence electrons. The Balaban J connectivity index is 3.70. The van der Waals surface area contributed by atoms with E-state index in [9.17, 15) is 4.57 Å². The van der Waals surface area contributed by atoms with Crippen LogP contribution in [0.1, 0.15) is 13.3 Å². The summed E-state index contributed by atoms with van der Waals surface area (Å²) in [5.41, 5.74) is 0. The Morgan fingerprint density at radius 1 is 1.60 bits per heavy atom. The monoisotopic (exact) mass is 188 g/mol. The van der Waals surface area contributed by atoms with Crippen molar-refractivity contribution in [2.45, 2.75) is 13.3 Å². The molecule has 1 unspecified atom stereocenters. The quantitative estimate of drug-likeness (QED) is 0.621. The highest BCUT2D eigenvalue weighted by Crippen LogP contribution is 2.49. The van der Waals surface area contributed by atoms with Gasteiger partial charge in [-0.05, 0) is 6.42 Å². The van der Waals surface area contributed by atoms with Crippen molar-refractivity contribution in [2.24, 2.45) is 0 Å². The highest BCUT2D eigenvalue weighted by atomic mass is 35.5. The third kappa shape index (κ3) is 3.54. The fourth-order valence-corrected chi connectivity index (χ4v) is 1.20. The lowest BCUT2D eigenvalue weighted by Crippen LogP contribution is -1.93. The van der Waals surface area contributed by atoms with Crippen molar-refractivity contribution in [2.75, 3.05) is 13.7 Å². The van der Waals surface area contributed by atoms with Crippen molar-refractivity contribution in [1.29, 1.82) is 0 Å². The van der Waals surface area contributed by atoms with Crippen molar-refractivity contribution in [1.82, 2.24) is 0 Å². The molecular formula is C4H10ClO4P. The summed E-state index contributed by atoms with van der Waals surface area (Å²) in [5.74, 6) is 0. The van der Waals surface area contributed by atoms with Gasteiger partial charge < -0.3 is 0 Å². The minimum absolute atomic E-state index is 0.303. The Hall–Kier alpha value is 0.400. The van der Waals surface area contributed by atoms with Gasteiger partial charge in [-0.15, -0.1) is 0 Å². The molecule has 0 aromatic rings. The molecular weight excluding hydrogens is 178 g/mol. The van der Waals surface area contributed by atoms with Crippen molar-refractivity contribution >= 4 is 19.7 Å². The fourth-order valence-electron chi connectivity index (χ4n) is 0.304. The van der Waals surface area contributed by atoms with E-state index in [1.54, 1.807) is 0 Å². The van der Waals surface area contributed by atoms with Gasteiger partial charge in [0.25, 0.3) is 0 Å². The summed E-state index contributed by atoms with van der Waals surface area (Å²) in [5, 5.41) is 0. The van der Waals surface area contributed by atoms with E-state index in [0.717, 1.165) is 6.42 Å². The molecule has 0 aromatic heterocycles. The van der Waals surface area contributed by atoms with Crippen LogP contribution >= 0.6 is 19.7 Å². The molecule has 0 aliphatic heterocycles. The zero-order valence-corrected chi connectivity index (χ0v) is 7.52. The second-order valence-electron chi connectivity index (χ2n) is 1.53. The smallest absolute Gasteiger partial charge is 0.289 e. The Morgan fingerprint density at radius 3 is 2.50 bits per heavy atom. The molecule has 10 heavy (non-hydrogen) atoms. The normalized spacial score (nSPS) is 16.7. The van der Waals surface area contributed by atoms with Gasteiger partial charge in [-0.1, -0.05) is 6.92 Å². The van der Waals surface area contributed by atoms with E-state index in [-0.39, 0.29) is 0 Å². The van der Waals surface area contributed by atoms with Crippen molar-refractivity contribution in [3.63, 3.8) is 0 Å². The first-order chi connectivity index (χ1) is 4.68. The van der Waals surface area contributed by atoms with Crippen LogP contribution in [0.25, 0.3) is 0 Å². The van der Waals surface area contributed by atoms with Crippen LogP contribution < -0.4 is 0 Å². The maximum Gasteiger partial charge on any atom is 0.491 e. The Kier molecular flexibility index (Phi) is 5.31. The van der Waals surface area contributed by atoms with E-state index in [4.69, 9.17) is 11.9 Å². The highest BCUT2D eigenvalue weighted by molar-refractivity contribution is 7.49. The lowest BCUT2D eigenvalue weighted by molar-refractivity contribution is 0.184. The second-order valence-corrected chi connectivity index (χ2v) is 3.60. The van der Waals surface area contributed by atoms with E-state index in [2.05, 4.69) is 13.1 Å². The van der Waals surface area contributed by atoms with Gasteiger partial charge in [0, 0.05) is 7.11 Å². The molecule has 0 spiro atoms. The van der Waals surface area contributed by atoms with Crippen LogP contribution in [-0.2, 0) is 17.7 Å². The van der Waals surface area contributed by atoms with E-state index in [0.29, 0.717) is 6.61 Å². The number of phosphoric ester groups is 1. The van der Waals surface area contributed by atoms with Crippen molar-refractivity contribution in [3.8, 4) is 0 Å². The zero-order valence-electron chi connectivity index (χ0n) is 5.87. The van der Waals surface area contributed by atoms with Gasteiger partial charge in [0.15, 0.2) is 0 Å².